The van der Waals surface area contributed by atoms with Gasteiger partial charge in [-0.3, -0.25) is 9.78 Å². The molecule has 0 spiro atoms. The van der Waals surface area contributed by atoms with Gasteiger partial charge in [-0.2, -0.15) is 0 Å². The molecule has 0 radical (unpaired) electrons. The SMILES string of the molecule is O=C(O)C1CC1c1cc(F)ccn1. The van der Waals surface area contributed by atoms with Gasteiger partial charge in [0.15, 0.2) is 0 Å². The molecule has 13 heavy (non-hydrogen) atoms. The summed E-state index contributed by atoms with van der Waals surface area (Å²) in [6.45, 7) is 0. The minimum absolute atomic E-state index is 0.0896. The number of aliphatic carboxylic acids is 1. The molecule has 3 nitrogen and oxygen atoms in total. The molecule has 1 aromatic heterocycles. The van der Waals surface area contributed by atoms with Crippen molar-refractivity contribution >= 4 is 5.97 Å². The van der Waals surface area contributed by atoms with Gasteiger partial charge < -0.3 is 5.11 Å². The number of halogens is 1. The van der Waals surface area contributed by atoms with E-state index in [9.17, 15) is 9.18 Å². The standard InChI is InChI=1S/C9H8FNO2/c10-5-1-2-11-8(3-5)6-4-7(6)9(12)13/h1-3,6-7H,4H2,(H,12,13). The van der Waals surface area contributed by atoms with Crippen molar-refractivity contribution in [2.45, 2.75) is 12.3 Å². The van der Waals surface area contributed by atoms with Crippen LogP contribution in [-0.4, -0.2) is 16.1 Å². The van der Waals surface area contributed by atoms with Crippen LogP contribution in [0.4, 0.5) is 4.39 Å². The predicted octanol–water partition coefficient (Wildman–Crippen LogP) is 1.41. The fourth-order valence-corrected chi connectivity index (χ4v) is 1.42. The van der Waals surface area contributed by atoms with Crippen LogP contribution in [0.2, 0.25) is 0 Å². The van der Waals surface area contributed by atoms with Gasteiger partial charge >= 0.3 is 5.97 Å². The lowest BCUT2D eigenvalue weighted by atomic mass is 10.2. The molecule has 4 heteroatoms. The number of rotatable bonds is 2. The van der Waals surface area contributed by atoms with Crippen molar-refractivity contribution in [3.63, 3.8) is 0 Å². The number of hydrogen-bond acceptors (Lipinski definition) is 2. The number of carboxylic acid groups (broad SMARTS) is 1. The van der Waals surface area contributed by atoms with E-state index in [0.717, 1.165) is 0 Å². The smallest absolute Gasteiger partial charge is 0.307 e. The fourth-order valence-electron chi connectivity index (χ4n) is 1.42. The van der Waals surface area contributed by atoms with Gasteiger partial charge in [0.1, 0.15) is 5.82 Å². The summed E-state index contributed by atoms with van der Waals surface area (Å²) in [5, 5.41) is 8.63. The first-order chi connectivity index (χ1) is 6.18. The van der Waals surface area contributed by atoms with E-state index in [0.29, 0.717) is 12.1 Å². The average molecular weight is 181 g/mol. The second-order valence-electron chi connectivity index (χ2n) is 3.19. The Morgan fingerprint density at radius 2 is 2.46 bits per heavy atom. The Hall–Kier alpha value is -1.45. The third-order valence-corrected chi connectivity index (χ3v) is 2.23. The summed E-state index contributed by atoms with van der Waals surface area (Å²) in [6, 6.07) is 2.55. The van der Waals surface area contributed by atoms with Crippen molar-refractivity contribution in [3.8, 4) is 0 Å². The highest BCUT2D eigenvalue weighted by molar-refractivity contribution is 5.75. The summed E-state index contributed by atoms with van der Waals surface area (Å²) in [6.07, 6.45) is 1.94. The van der Waals surface area contributed by atoms with E-state index in [1.54, 1.807) is 0 Å². The number of pyridine rings is 1. The first kappa shape index (κ1) is 8.16. The summed E-state index contributed by atoms with van der Waals surface area (Å²) in [4.78, 5) is 14.4. The van der Waals surface area contributed by atoms with Gasteiger partial charge in [0, 0.05) is 17.8 Å². The molecule has 0 bridgehead atoms. The second-order valence-corrected chi connectivity index (χ2v) is 3.19. The molecular weight excluding hydrogens is 173 g/mol. The number of carboxylic acids is 1. The zero-order chi connectivity index (χ0) is 9.42. The van der Waals surface area contributed by atoms with Crippen LogP contribution in [0, 0.1) is 11.7 Å². The Balaban J connectivity index is 2.16. The van der Waals surface area contributed by atoms with Crippen molar-refractivity contribution in [1.82, 2.24) is 4.98 Å². The Morgan fingerprint density at radius 3 is 3.00 bits per heavy atom. The van der Waals surface area contributed by atoms with Crippen molar-refractivity contribution in [1.29, 1.82) is 0 Å². The molecule has 1 saturated carbocycles. The van der Waals surface area contributed by atoms with Crippen molar-refractivity contribution in [3.05, 3.63) is 29.8 Å². The summed E-state index contributed by atoms with van der Waals surface area (Å²) in [5.74, 6) is -1.64. The van der Waals surface area contributed by atoms with E-state index in [4.69, 9.17) is 5.11 Å². The molecule has 1 heterocycles. The van der Waals surface area contributed by atoms with Crippen molar-refractivity contribution < 1.29 is 14.3 Å². The van der Waals surface area contributed by atoms with Gasteiger partial charge in [0.05, 0.1) is 5.92 Å². The van der Waals surface area contributed by atoms with Crippen LogP contribution in [0.1, 0.15) is 18.0 Å². The van der Waals surface area contributed by atoms with Gasteiger partial charge in [-0.25, -0.2) is 4.39 Å². The highest BCUT2D eigenvalue weighted by atomic mass is 19.1. The summed E-state index contributed by atoms with van der Waals surface area (Å²) in [7, 11) is 0. The summed E-state index contributed by atoms with van der Waals surface area (Å²) >= 11 is 0. The maximum atomic E-state index is 12.7. The molecule has 0 saturated heterocycles. The topological polar surface area (TPSA) is 50.2 Å². The molecule has 0 aliphatic heterocycles. The van der Waals surface area contributed by atoms with Gasteiger partial charge in [-0.1, -0.05) is 0 Å². The minimum atomic E-state index is -0.823. The highest BCUT2D eigenvalue weighted by Crippen LogP contribution is 2.46. The summed E-state index contributed by atoms with van der Waals surface area (Å²) < 4.78 is 12.7. The predicted molar refractivity (Wildman–Crippen MR) is 42.7 cm³/mol. The van der Waals surface area contributed by atoms with E-state index in [1.165, 1.54) is 18.3 Å². The average Bonchev–Trinajstić information content (AvgIpc) is 2.82. The number of nitrogens with zero attached hydrogens (tertiary/aromatic N) is 1. The first-order valence-corrected chi connectivity index (χ1v) is 4.03. The van der Waals surface area contributed by atoms with E-state index in [2.05, 4.69) is 4.98 Å². The Labute approximate surface area is 74.2 Å². The summed E-state index contributed by atoms with van der Waals surface area (Å²) in [5.41, 5.74) is 0.549. The van der Waals surface area contributed by atoms with Gasteiger partial charge in [-0.05, 0) is 18.6 Å². The number of carbonyl (C=O) groups is 1. The molecule has 1 aliphatic carbocycles. The monoisotopic (exact) mass is 181 g/mol. The fraction of sp³-hybridized carbons (Fsp3) is 0.333. The lowest BCUT2D eigenvalue weighted by molar-refractivity contribution is -0.138. The molecule has 2 rings (SSSR count). The molecular formula is C9H8FNO2. The lowest BCUT2D eigenvalue weighted by Crippen LogP contribution is -2.00. The molecule has 1 N–H and O–H groups in total. The highest BCUT2D eigenvalue weighted by Gasteiger charge is 2.45. The van der Waals surface area contributed by atoms with Crippen LogP contribution in [-0.2, 0) is 4.79 Å². The molecule has 1 aliphatic rings. The second kappa shape index (κ2) is 2.80. The van der Waals surface area contributed by atoms with Crippen LogP contribution in [0.15, 0.2) is 18.3 Å². The number of aromatic nitrogens is 1. The molecule has 0 amide bonds. The lowest BCUT2D eigenvalue weighted by Gasteiger charge is -1.96. The van der Waals surface area contributed by atoms with E-state index >= 15 is 0 Å². The third kappa shape index (κ3) is 1.52. The van der Waals surface area contributed by atoms with E-state index in [1.807, 2.05) is 0 Å². The van der Waals surface area contributed by atoms with Gasteiger partial charge in [0.25, 0.3) is 0 Å². The van der Waals surface area contributed by atoms with Crippen molar-refractivity contribution in [2.24, 2.45) is 5.92 Å². The maximum absolute atomic E-state index is 12.7. The first-order valence-electron chi connectivity index (χ1n) is 4.03. The largest absolute Gasteiger partial charge is 0.481 e. The van der Waals surface area contributed by atoms with Gasteiger partial charge in [-0.15, -0.1) is 0 Å². The van der Waals surface area contributed by atoms with Crippen LogP contribution in [0.3, 0.4) is 0 Å². The Morgan fingerprint density at radius 1 is 1.69 bits per heavy atom. The minimum Gasteiger partial charge on any atom is -0.481 e. The van der Waals surface area contributed by atoms with E-state index in [-0.39, 0.29) is 17.7 Å². The molecule has 1 fully saturated rings. The molecule has 1 aromatic rings. The third-order valence-electron chi connectivity index (χ3n) is 2.23. The Kier molecular flexibility index (Phi) is 1.76. The molecule has 2 unspecified atom stereocenters. The van der Waals surface area contributed by atoms with Gasteiger partial charge in [0.2, 0.25) is 0 Å². The zero-order valence-corrected chi connectivity index (χ0v) is 6.77. The van der Waals surface area contributed by atoms with Crippen LogP contribution in [0.5, 0.6) is 0 Å². The van der Waals surface area contributed by atoms with Crippen LogP contribution in [0.25, 0.3) is 0 Å². The zero-order valence-electron chi connectivity index (χ0n) is 6.77. The Bertz CT molecular complexity index is 353. The molecule has 2 atom stereocenters. The van der Waals surface area contributed by atoms with E-state index < -0.39 is 5.97 Å². The quantitative estimate of drug-likeness (QED) is 0.750. The van der Waals surface area contributed by atoms with Crippen LogP contribution >= 0.6 is 0 Å². The van der Waals surface area contributed by atoms with Crippen LogP contribution < -0.4 is 0 Å². The van der Waals surface area contributed by atoms with Crippen molar-refractivity contribution in [2.75, 3.05) is 0 Å². The molecule has 68 valence electrons. The molecule has 0 aromatic carbocycles. The normalized spacial score (nSPS) is 25.6. The number of hydrogen-bond donors (Lipinski definition) is 1. The maximum Gasteiger partial charge on any atom is 0.307 e.